The van der Waals surface area contributed by atoms with Gasteiger partial charge in [-0.2, -0.15) is 0 Å². The molecule has 1 spiro atoms. The fraction of sp³-hybridized carbons (Fsp3) is 0.545. The van der Waals surface area contributed by atoms with Crippen LogP contribution in [0.2, 0.25) is 0 Å². The van der Waals surface area contributed by atoms with Crippen LogP contribution < -0.4 is 15.5 Å². The van der Waals surface area contributed by atoms with Crippen LogP contribution in [0.5, 0.6) is 0 Å². The average Bonchev–Trinajstić information content (AvgIpc) is 3.13. The van der Waals surface area contributed by atoms with E-state index in [1.54, 1.807) is 4.90 Å². The number of nitrogens with zero attached hydrogens (tertiary/aromatic N) is 2. The van der Waals surface area contributed by atoms with Crippen LogP contribution >= 0.6 is 0 Å². The lowest BCUT2D eigenvalue weighted by Crippen LogP contribution is -2.50. The summed E-state index contributed by atoms with van der Waals surface area (Å²) in [5.41, 5.74) is 3.15. The predicted molar refractivity (Wildman–Crippen MR) is 113 cm³/mol. The number of hydrogen-bond donors (Lipinski definition) is 2. The van der Waals surface area contributed by atoms with Crippen molar-refractivity contribution in [2.45, 2.75) is 44.4 Å². The Morgan fingerprint density at radius 2 is 1.93 bits per heavy atom. The summed E-state index contributed by atoms with van der Waals surface area (Å²) < 4.78 is 14.7. The van der Waals surface area contributed by atoms with E-state index in [2.05, 4.69) is 40.5 Å². The lowest BCUT2D eigenvalue weighted by molar-refractivity contribution is -0.288. The molecule has 2 N–H and O–H groups in total. The summed E-state index contributed by atoms with van der Waals surface area (Å²) in [7, 11) is 0. The lowest BCUT2D eigenvalue weighted by Gasteiger charge is -2.43. The Morgan fingerprint density at radius 3 is 2.63 bits per heavy atom. The van der Waals surface area contributed by atoms with Crippen LogP contribution in [0.1, 0.15) is 37.8 Å². The fourth-order valence-corrected chi connectivity index (χ4v) is 4.72. The van der Waals surface area contributed by atoms with Gasteiger partial charge < -0.3 is 19.4 Å². The first-order valence-electron chi connectivity index (χ1n) is 10.8. The van der Waals surface area contributed by atoms with E-state index in [0.29, 0.717) is 26.2 Å². The zero-order valence-corrected chi connectivity index (χ0v) is 17.3. The molecule has 5 rings (SSSR count). The number of rotatable bonds is 3. The van der Waals surface area contributed by atoms with Crippen molar-refractivity contribution in [3.05, 3.63) is 30.0 Å². The van der Waals surface area contributed by atoms with Crippen molar-refractivity contribution in [2.24, 2.45) is 0 Å². The largest absolute Gasteiger partial charge is 0.348 e. The van der Waals surface area contributed by atoms with Gasteiger partial charge >= 0.3 is 6.03 Å². The van der Waals surface area contributed by atoms with Crippen molar-refractivity contribution >= 4 is 28.5 Å². The number of nitrogens with one attached hydrogen (secondary N) is 2. The first kappa shape index (κ1) is 19.5. The Bertz CT molecular complexity index is 969. The average molecular weight is 412 g/mol. The molecule has 3 aliphatic heterocycles. The number of benzene rings is 1. The number of piperidine rings is 1. The van der Waals surface area contributed by atoms with Gasteiger partial charge in [-0.25, -0.2) is 4.79 Å². The van der Waals surface area contributed by atoms with Gasteiger partial charge in [0.2, 0.25) is 5.91 Å². The molecule has 4 heterocycles. The number of fused-ring (bicyclic) bond motifs is 1. The standard InChI is InChI=1S/C22H28N4O4/c1-2-15-12-26(17-13-29-22(30-14-17)6-8-23-9-7-22)19-4-3-16(11-18(15)19)25-10-5-20(27)24-21(25)28/h3-4,11-12,17,23H,2,5-10,13-14H2,1H3,(H,24,27,28). The lowest BCUT2D eigenvalue weighted by atomic mass is 10.0. The summed E-state index contributed by atoms with van der Waals surface area (Å²) >= 11 is 0. The highest BCUT2D eigenvalue weighted by Crippen LogP contribution is 2.35. The summed E-state index contributed by atoms with van der Waals surface area (Å²) in [6, 6.07) is 5.83. The SMILES string of the molecule is CCc1cn(C2COC3(CCNCC3)OC2)c2ccc(N3CCC(=O)NC3=O)cc12. The summed E-state index contributed by atoms with van der Waals surface area (Å²) in [6.07, 6.45) is 5.17. The van der Waals surface area contributed by atoms with Crippen molar-refractivity contribution in [3.8, 4) is 0 Å². The van der Waals surface area contributed by atoms with Crippen molar-refractivity contribution in [1.29, 1.82) is 0 Å². The molecule has 0 radical (unpaired) electrons. The predicted octanol–water partition coefficient (Wildman–Crippen LogP) is 2.32. The molecule has 0 aliphatic carbocycles. The molecule has 0 saturated carbocycles. The Hall–Kier alpha value is -2.42. The first-order valence-corrected chi connectivity index (χ1v) is 10.8. The Kier molecular flexibility index (Phi) is 5.00. The topological polar surface area (TPSA) is 84.8 Å². The number of urea groups is 1. The Labute approximate surface area is 175 Å². The van der Waals surface area contributed by atoms with E-state index in [1.165, 1.54) is 5.56 Å². The third kappa shape index (κ3) is 3.38. The van der Waals surface area contributed by atoms with E-state index in [0.717, 1.165) is 48.9 Å². The maximum absolute atomic E-state index is 12.2. The smallest absolute Gasteiger partial charge is 0.328 e. The highest BCUT2D eigenvalue weighted by atomic mass is 16.7. The fourth-order valence-electron chi connectivity index (χ4n) is 4.72. The molecule has 1 aromatic heterocycles. The maximum atomic E-state index is 12.2. The number of carbonyl (C=O) groups excluding carboxylic acids is 2. The third-order valence-corrected chi connectivity index (χ3v) is 6.48. The molecular weight excluding hydrogens is 384 g/mol. The van der Waals surface area contributed by atoms with Gasteiger partial charge in [0.05, 0.1) is 19.3 Å². The quantitative estimate of drug-likeness (QED) is 0.808. The molecule has 30 heavy (non-hydrogen) atoms. The second-order valence-electron chi connectivity index (χ2n) is 8.31. The second-order valence-corrected chi connectivity index (χ2v) is 8.31. The molecule has 3 saturated heterocycles. The molecule has 0 bridgehead atoms. The molecule has 2 aromatic rings. The number of carbonyl (C=O) groups is 2. The van der Waals surface area contributed by atoms with Gasteiger partial charge in [0.1, 0.15) is 0 Å². The molecule has 1 aromatic carbocycles. The van der Waals surface area contributed by atoms with E-state index >= 15 is 0 Å². The van der Waals surface area contributed by atoms with Gasteiger partial charge in [-0.05, 0) is 30.2 Å². The molecule has 8 nitrogen and oxygen atoms in total. The molecule has 3 fully saturated rings. The normalized spacial score (nSPS) is 22.6. The van der Waals surface area contributed by atoms with Crippen LogP contribution in [-0.2, 0) is 20.7 Å². The molecular formula is C22H28N4O4. The number of aryl methyl sites for hydroxylation is 1. The van der Waals surface area contributed by atoms with E-state index in [4.69, 9.17) is 9.47 Å². The summed E-state index contributed by atoms with van der Waals surface area (Å²) in [5, 5.41) is 6.88. The minimum Gasteiger partial charge on any atom is -0.348 e. The van der Waals surface area contributed by atoms with Crippen LogP contribution in [0.3, 0.4) is 0 Å². The minimum absolute atomic E-state index is 0.120. The molecule has 0 unspecified atom stereocenters. The highest BCUT2D eigenvalue weighted by Gasteiger charge is 2.39. The molecule has 3 aliphatic rings. The number of hydrogen-bond acceptors (Lipinski definition) is 5. The van der Waals surface area contributed by atoms with Gasteiger partial charge in [0.25, 0.3) is 0 Å². The highest BCUT2D eigenvalue weighted by molar-refractivity contribution is 6.06. The zero-order chi connectivity index (χ0) is 20.7. The van der Waals surface area contributed by atoms with Gasteiger partial charge in [0, 0.05) is 61.7 Å². The van der Waals surface area contributed by atoms with Crippen LogP contribution in [0, 0.1) is 0 Å². The molecule has 8 heteroatoms. The van der Waals surface area contributed by atoms with Gasteiger partial charge in [-0.3, -0.25) is 15.0 Å². The van der Waals surface area contributed by atoms with Crippen molar-refractivity contribution in [3.63, 3.8) is 0 Å². The van der Waals surface area contributed by atoms with E-state index in [9.17, 15) is 9.59 Å². The van der Waals surface area contributed by atoms with Crippen molar-refractivity contribution < 1.29 is 19.1 Å². The van der Waals surface area contributed by atoms with Gasteiger partial charge in [-0.15, -0.1) is 0 Å². The van der Waals surface area contributed by atoms with Gasteiger partial charge in [-0.1, -0.05) is 6.92 Å². The first-order chi connectivity index (χ1) is 14.6. The van der Waals surface area contributed by atoms with Crippen LogP contribution in [0.25, 0.3) is 10.9 Å². The summed E-state index contributed by atoms with van der Waals surface area (Å²) in [5.74, 6) is -0.647. The Balaban J connectivity index is 1.41. The van der Waals surface area contributed by atoms with Crippen LogP contribution in [0.15, 0.2) is 24.4 Å². The number of amides is 3. The van der Waals surface area contributed by atoms with E-state index < -0.39 is 5.79 Å². The van der Waals surface area contributed by atoms with Crippen LogP contribution in [-0.4, -0.2) is 55.1 Å². The molecule has 3 amide bonds. The number of anilines is 1. The summed E-state index contributed by atoms with van der Waals surface area (Å²) in [4.78, 5) is 25.3. The monoisotopic (exact) mass is 412 g/mol. The number of imide groups is 1. The zero-order valence-electron chi connectivity index (χ0n) is 17.3. The minimum atomic E-state index is -0.426. The van der Waals surface area contributed by atoms with Gasteiger partial charge in [0.15, 0.2) is 5.79 Å². The number of aromatic nitrogens is 1. The number of ether oxygens (including phenoxy) is 2. The van der Waals surface area contributed by atoms with E-state index in [-0.39, 0.29) is 18.0 Å². The van der Waals surface area contributed by atoms with E-state index in [1.807, 2.05) is 6.07 Å². The maximum Gasteiger partial charge on any atom is 0.328 e. The third-order valence-electron chi connectivity index (χ3n) is 6.48. The summed E-state index contributed by atoms with van der Waals surface area (Å²) in [6.45, 7) is 5.65. The van der Waals surface area contributed by atoms with Crippen molar-refractivity contribution in [1.82, 2.24) is 15.2 Å². The Morgan fingerprint density at radius 1 is 1.17 bits per heavy atom. The van der Waals surface area contributed by atoms with Crippen LogP contribution in [0.4, 0.5) is 10.5 Å². The second kappa shape index (κ2) is 7.68. The molecule has 160 valence electrons. The molecule has 0 atom stereocenters. The van der Waals surface area contributed by atoms with Crippen molar-refractivity contribution in [2.75, 3.05) is 37.7 Å².